The first-order valence-corrected chi connectivity index (χ1v) is 4.76. The first-order valence-electron chi connectivity index (χ1n) is 3.68. The molecule has 0 bridgehead atoms. The van der Waals surface area contributed by atoms with Crippen LogP contribution in [-0.4, -0.2) is 0 Å². The van der Waals surface area contributed by atoms with E-state index in [4.69, 9.17) is 0 Å². The highest BCUT2D eigenvalue weighted by Crippen LogP contribution is 2.08. The molecule has 0 unspecified atom stereocenters. The lowest BCUT2D eigenvalue weighted by atomic mass is 10.1. The minimum Gasteiger partial charge on any atom is -0.0913 e. The van der Waals surface area contributed by atoms with Crippen molar-refractivity contribution in [3.63, 3.8) is 0 Å². The zero-order valence-corrected chi connectivity index (χ0v) is 8.71. The van der Waals surface area contributed by atoms with E-state index < -0.39 is 0 Å². The van der Waals surface area contributed by atoms with E-state index in [2.05, 4.69) is 59.0 Å². The Morgan fingerprint density at radius 3 is 2.91 bits per heavy atom. The maximum atomic E-state index is 2.33. The summed E-state index contributed by atoms with van der Waals surface area (Å²) in [6.07, 6.45) is 5.30. The first-order chi connectivity index (χ1) is 5.33. The molecule has 0 spiro atoms. The number of benzene rings is 1. The number of hydrogen-bond acceptors (Lipinski definition) is 0. The summed E-state index contributed by atoms with van der Waals surface area (Å²) in [4.78, 5) is 0. The number of halogens is 1. The van der Waals surface area contributed by atoms with Crippen molar-refractivity contribution in [2.75, 3.05) is 0 Å². The summed E-state index contributed by atoms with van der Waals surface area (Å²) in [7, 11) is 0. The molecule has 0 fully saturated rings. The SMILES string of the molecule is C/C=C/Cc1cccc(I)c1. The van der Waals surface area contributed by atoms with Crippen LogP contribution >= 0.6 is 22.6 Å². The molecular weight excluding hydrogens is 247 g/mol. The van der Waals surface area contributed by atoms with Crippen LogP contribution in [-0.2, 0) is 6.42 Å². The van der Waals surface area contributed by atoms with Crippen LogP contribution in [0.25, 0.3) is 0 Å². The molecule has 0 atom stereocenters. The molecule has 0 N–H and O–H groups in total. The Morgan fingerprint density at radius 2 is 2.27 bits per heavy atom. The first kappa shape index (κ1) is 8.78. The third-order valence-corrected chi connectivity index (χ3v) is 2.15. The van der Waals surface area contributed by atoms with Crippen molar-refractivity contribution in [1.82, 2.24) is 0 Å². The van der Waals surface area contributed by atoms with Gasteiger partial charge in [-0.1, -0.05) is 24.3 Å². The fraction of sp³-hybridized carbons (Fsp3) is 0.200. The summed E-state index contributed by atoms with van der Waals surface area (Å²) in [5.74, 6) is 0. The summed E-state index contributed by atoms with van der Waals surface area (Å²) in [6, 6.07) is 8.57. The van der Waals surface area contributed by atoms with Gasteiger partial charge in [-0.05, 0) is 53.6 Å². The van der Waals surface area contributed by atoms with Crippen LogP contribution in [0, 0.1) is 3.57 Å². The molecule has 1 heteroatoms. The Hall–Kier alpha value is -0.310. The minimum atomic E-state index is 1.05. The molecule has 0 saturated carbocycles. The predicted octanol–water partition coefficient (Wildman–Crippen LogP) is 3.41. The highest BCUT2D eigenvalue weighted by molar-refractivity contribution is 14.1. The second-order valence-electron chi connectivity index (χ2n) is 2.40. The zero-order chi connectivity index (χ0) is 8.10. The molecule has 0 aromatic heterocycles. The molecule has 11 heavy (non-hydrogen) atoms. The smallest absolute Gasteiger partial charge is 0.0133 e. The fourth-order valence-electron chi connectivity index (χ4n) is 0.918. The highest BCUT2D eigenvalue weighted by Gasteiger charge is 1.88. The predicted molar refractivity (Wildman–Crippen MR) is 57.7 cm³/mol. The van der Waals surface area contributed by atoms with Gasteiger partial charge in [0.2, 0.25) is 0 Å². The summed E-state index contributed by atoms with van der Waals surface area (Å²) in [5.41, 5.74) is 1.38. The molecule has 1 aromatic carbocycles. The molecule has 0 saturated heterocycles. The molecule has 58 valence electrons. The van der Waals surface area contributed by atoms with E-state index >= 15 is 0 Å². The lowest BCUT2D eigenvalue weighted by Gasteiger charge is -1.95. The molecule has 0 aliphatic heterocycles. The van der Waals surface area contributed by atoms with Gasteiger partial charge in [0.25, 0.3) is 0 Å². The van der Waals surface area contributed by atoms with Crippen LogP contribution in [0.4, 0.5) is 0 Å². The number of hydrogen-bond donors (Lipinski definition) is 0. The zero-order valence-electron chi connectivity index (χ0n) is 6.55. The van der Waals surface area contributed by atoms with Gasteiger partial charge in [-0.3, -0.25) is 0 Å². The van der Waals surface area contributed by atoms with Crippen molar-refractivity contribution < 1.29 is 0 Å². The molecule has 0 aliphatic carbocycles. The summed E-state index contributed by atoms with van der Waals surface area (Å²) < 4.78 is 1.31. The van der Waals surface area contributed by atoms with Crippen LogP contribution in [0.1, 0.15) is 12.5 Å². The van der Waals surface area contributed by atoms with Gasteiger partial charge in [-0.25, -0.2) is 0 Å². The number of allylic oxidation sites excluding steroid dienone is 2. The number of rotatable bonds is 2. The maximum absolute atomic E-state index is 2.33. The fourth-order valence-corrected chi connectivity index (χ4v) is 1.53. The molecule has 0 amide bonds. The van der Waals surface area contributed by atoms with E-state index in [-0.39, 0.29) is 0 Å². The van der Waals surface area contributed by atoms with E-state index in [1.54, 1.807) is 0 Å². The van der Waals surface area contributed by atoms with Crippen LogP contribution in [0.15, 0.2) is 36.4 Å². The van der Waals surface area contributed by atoms with E-state index in [0.717, 1.165) is 6.42 Å². The van der Waals surface area contributed by atoms with Crippen molar-refractivity contribution in [1.29, 1.82) is 0 Å². The van der Waals surface area contributed by atoms with Crippen LogP contribution in [0.2, 0.25) is 0 Å². The molecule has 0 heterocycles. The summed E-state index contributed by atoms with van der Waals surface area (Å²) in [5, 5.41) is 0. The quantitative estimate of drug-likeness (QED) is 0.563. The molecule has 0 nitrogen and oxygen atoms in total. The Bertz CT molecular complexity index is 251. The lowest BCUT2D eigenvalue weighted by molar-refractivity contribution is 1.26. The van der Waals surface area contributed by atoms with Crippen LogP contribution < -0.4 is 0 Å². The Balaban J connectivity index is 2.71. The van der Waals surface area contributed by atoms with E-state index in [9.17, 15) is 0 Å². The third kappa shape index (κ3) is 3.06. The van der Waals surface area contributed by atoms with Gasteiger partial charge in [0, 0.05) is 3.57 Å². The maximum Gasteiger partial charge on any atom is 0.0133 e. The average molecular weight is 258 g/mol. The van der Waals surface area contributed by atoms with Gasteiger partial charge in [0.05, 0.1) is 0 Å². The van der Waals surface area contributed by atoms with Gasteiger partial charge < -0.3 is 0 Å². The highest BCUT2D eigenvalue weighted by atomic mass is 127. The third-order valence-electron chi connectivity index (χ3n) is 1.48. The standard InChI is InChI=1S/C10H11I/c1-2-3-5-9-6-4-7-10(11)8-9/h2-4,6-8H,5H2,1H3/b3-2+. The van der Waals surface area contributed by atoms with E-state index in [0.29, 0.717) is 0 Å². The van der Waals surface area contributed by atoms with Gasteiger partial charge in [-0.2, -0.15) is 0 Å². The van der Waals surface area contributed by atoms with Crippen molar-refractivity contribution in [3.8, 4) is 0 Å². The summed E-state index contributed by atoms with van der Waals surface area (Å²) >= 11 is 2.33. The van der Waals surface area contributed by atoms with Crippen molar-refractivity contribution in [2.24, 2.45) is 0 Å². The molecule has 0 aliphatic rings. The van der Waals surface area contributed by atoms with Gasteiger partial charge in [-0.15, -0.1) is 0 Å². The monoisotopic (exact) mass is 258 g/mol. The van der Waals surface area contributed by atoms with Gasteiger partial charge >= 0.3 is 0 Å². The molecular formula is C10H11I. The Kier molecular flexibility index (Phi) is 3.63. The van der Waals surface area contributed by atoms with Crippen LogP contribution in [0.5, 0.6) is 0 Å². The average Bonchev–Trinajstić information content (AvgIpc) is 2.01. The molecule has 1 aromatic rings. The van der Waals surface area contributed by atoms with E-state index in [1.807, 2.05) is 6.92 Å². The van der Waals surface area contributed by atoms with E-state index in [1.165, 1.54) is 9.13 Å². The normalized spacial score (nSPS) is 10.7. The van der Waals surface area contributed by atoms with Crippen molar-refractivity contribution >= 4 is 22.6 Å². The molecule has 1 rings (SSSR count). The Morgan fingerprint density at radius 1 is 1.45 bits per heavy atom. The topological polar surface area (TPSA) is 0 Å². The van der Waals surface area contributed by atoms with Gasteiger partial charge in [0.15, 0.2) is 0 Å². The largest absolute Gasteiger partial charge is 0.0913 e. The minimum absolute atomic E-state index is 1.05. The van der Waals surface area contributed by atoms with Crippen LogP contribution in [0.3, 0.4) is 0 Å². The molecule has 0 radical (unpaired) electrons. The Labute approximate surface area is 81.5 Å². The lowest BCUT2D eigenvalue weighted by Crippen LogP contribution is -1.80. The van der Waals surface area contributed by atoms with Crippen molar-refractivity contribution in [2.45, 2.75) is 13.3 Å². The summed E-state index contributed by atoms with van der Waals surface area (Å²) in [6.45, 7) is 2.05. The second kappa shape index (κ2) is 4.54. The second-order valence-corrected chi connectivity index (χ2v) is 3.65. The van der Waals surface area contributed by atoms with Gasteiger partial charge in [0.1, 0.15) is 0 Å². The van der Waals surface area contributed by atoms with Crippen molar-refractivity contribution in [3.05, 3.63) is 45.6 Å².